The van der Waals surface area contributed by atoms with Gasteiger partial charge in [0.2, 0.25) is 0 Å². The Labute approximate surface area is 156 Å². The van der Waals surface area contributed by atoms with E-state index in [2.05, 4.69) is 15.0 Å². The average Bonchev–Trinajstić information content (AvgIpc) is 2.70. The van der Waals surface area contributed by atoms with Gasteiger partial charge in [0.25, 0.3) is 5.91 Å². The lowest BCUT2D eigenvalue weighted by Crippen LogP contribution is -2.43. The zero-order valence-electron chi connectivity index (χ0n) is 14.8. The Morgan fingerprint density at radius 2 is 1.74 bits per heavy atom. The molecule has 0 saturated carbocycles. The van der Waals surface area contributed by atoms with Crippen molar-refractivity contribution in [3.8, 4) is 5.75 Å². The smallest absolute Gasteiger partial charge is 0.387 e. The molecule has 0 bridgehead atoms. The highest BCUT2D eigenvalue weighted by atomic mass is 19.3. The van der Waals surface area contributed by atoms with Gasteiger partial charge < -0.3 is 14.8 Å². The summed E-state index contributed by atoms with van der Waals surface area (Å²) in [5, 5.41) is 2.94. The van der Waals surface area contributed by atoms with Crippen LogP contribution in [0, 0.1) is 0 Å². The van der Waals surface area contributed by atoms with Crippen molar-refractivity contribution in [3.05, 3.63) is 65.7 Å². The number of morpholine rings is 1. The number of nitrogens with one attached hydrogen (secondary N) is 1. The van der Waals surface area contributed by atoms with Crippen molar-refractivity contribution < 1.29 is 23.0 Å². The summed E-state index contributed by atoms with van der Waals surface area (Å²) in [4.78, 5) is 14.7. The number of alkyl halides is 2. The monoisotopic (exact) mass is 376 g/mol. The molecule has 2 aromatic carbocycles. The Bertz CT molecular complexity index is 720. The van der Waals surface area contributed by atoms with E-state index in [4.69, 9.17) is 4.74 Å². The van der Waals surface area contributed by atoms with Gasteiger partial charge in [0.15, 0.2) is 0 Å². The number of benzene rings is 2. The van der Waals surface area contributed by atoms with Crippen molar-refractivity contribution in [2.75, 3.05) is 32.8 Å². The first kappa shape index (κ1) is 19.3. The van der Waals surface area contributed by atoms with Crippen LogP contribution in [0.3, 0.4) is 0 Å². The molecule has 1 fully saturated rings. The summed E-state index contributed by atoms with van der Waals surface area (Å²) in [5.74, 6) is -0.232. The SMILES string of the molecule is O=C(NC[C@H](c1ccccc1)N1CCOCC1)c1ccc(OC(F)F)cc1. The quantitative estimate of drug-likeness (QED) is 0.807. The van der Waals surface area contributed by atoms with Gasteiger partial charge >= 0.3 is 6.61 Å². The topological polar surface area (TPSA) is 50.8 Å². The van der Waals surface area contributed by atoms with Crippen LogP contribution >= 0.6 is 0 Å². The van der Waals surface area contributed by atoms with Crippen molar-refractivity contribution in [2.45, 2.75) is 12.7 Å². The van der Waals surface area contributed by atoms with Crippen LogP contribution in [-0.2, 0) is 4.74 Å². The molecule has 3 rings (SSSR count). The molecule has 27 heavy (non-hydrogen) atoms. The number of nitrogens with zero attached hydrogens (tertiary/aromatic N) is 1. The molecule has 0 aliphatic carbocycles. The van der Waals surface area contributed by atoms with Gasteiger partial charge in [-0.3, -0.25) is 9.69 Å². The van der Waals surface area contributed by atoms with E-state index in [-0.39, 0.29) is 17.7 Å². The highest BCUT2D eigenvalue weighted by Gasteiger charge is 2.23. The van der Waals surface area contributed by atoms with Crippen LogP contribution in [0.5, 0.6) is 5.75 Å². The van der Waals surface area contributed by atoms with Crippen molar-refractivity contribution in [1.29, 1.82) is 0 Å². The minimum atomic E-state index is -2.88. The average molecular weight is 376 g/mol. The van der Waals surface area contributed by atoms with Gasteiger partial charge in [-0.2, -0.15) is 8.78 Å². The van der Waals surface area contributed by atoms with E-state index in [1.807, 2.05) is 30.3 Å². The summed E-state index contributed by atoms with van der Waals surface area (Å²) in [6.45, 7) is 0.499. The van der Waals surface area contributed by atoms with Crippen molar-refractivity contribution in [3.63, 3.8) is 0 Å². The molecule has 1 saturated heterocycles. The van der Waals surface area contributed by atoms with Crippen molar-refractivity contribution in [1.82, 2.24) is 10.2 Å². The van der Waals surface area contributed by atoms with Crippen molar-refractivity contribution in [2.24, 2.45) is 0 Å². The lowest BCUT2D eigenvalue weighted by molar-refractivity contribution is -0.0498. The fourth-order valence-corrected chi connectivity index (χ4v) is 3.10. The molecule has 144 valence electrons. The van der Waals surface area contributed by atoms with E-state index in [0.717, 1.165) is 18.7 Å². The van der Waals surface area contributed by atoms with Gasteiger partial charge in [0, 0.05) is 25.2 Å². The Morgan fingerprint density at radius 3 is 2.37 bits per heavy atom. The summed E-state index contributed by atoms with van der Waals surface area (Å²) in [5.41, 5.74) is 1.52. The summed E-state index contributed by atoms with van der Waals surface area (Å²) in [6, 6.07) is 15.7. The molecule has 5 nitrogen and oxygen atoms in total. The Hall–Kier alpha value is -2.51. The summed E-state index contributed by atoms with van der Waals surface area (Å²) in [6.07, 6.45) is 0. The third-order valence-electron chi connectivity index (χ3n) is 4.47. The summed E-state index contributed by atoms with van der Waals surface area (Å²) < 4.78 is 34.2. The minimum absolute atomic E-state index is 0.0250. The number of amides is 1. The molecule has 0 unspecified atom stereocenters. The van der Waals surface area contributed by atoms with E-state index in [0.29, 0.717) is 25.3 Å². The molecule has 0 radical (unpaired) electrons. The zero-order chi connectivity index (χ0) is 19.1. The van der Waals surface area contributed by atoms with Gasteiger partial charge in [-0.15, -0.1) is 0 Å². The van der Waals surface area contributed by atoms with Crippen LogP contribution in [0.1, 0.15) is 22.0 Å². The van der Waals surface area contributed by atoms with Crippen LogP contribution in [0.2, 0.25) is 0 Å². The summed E-state index contributed by atoms with van der Waals surface area (Å²) >= 11 is 0. The largest absolute Gasteiger partial charge is 0.435 e. The molecule has 7 heteroatoms. The minimum Gasteiger partial charge on any atom is -0.435 e. The van der Waals surface area contributed by atoms with Crippen LogP contribution in [0.15, 0.2) is 54.6 Å². The third kappa shape index (κ3) is 5.48. The zero-order valence-corrected chi connectivity index (χ0v) is 14.8. The first-order chi connectivity index (χ1) is 13.1. The van der Waals surface area contributed by atoms with Crippen molar-refractivity contribution >= 4 is 5.91 Å². The normalized spacial score (nSPS) is 16.1. The lowest BCUT2D eigenvalue weighted by Gasteiger charge is -2.35. The van der Waals surface area contributed by atoms with Crippen LogP contribution in [0.4, 0.5) is 8.78 Å². The molecule has 2 aromatic rings. The van der Waals surface area contributed by atoms with Gasteiger partial charge in [0.1, 0.15) is 5.75 Å². The first-order valence-corrected chi connectivity index (χ1v) is 8.83. The molecule has 1 aliphatic heterocycles. The van der Waals surface area contributed by atoms with E-state index >= 15 is 0 Å². The standard InChI is InChI=1S/C20H22F2N2O3/c21-20(22)27-17-8-6-16(7-9-17)19(25)23-14-18(15-4-2-1-3-5-15)24-10-12-26-13-11-24/h1-9,18,20H,10-14H2,(H,23,25)/t18-/m1/s1. The molecular formula is C20H22F2N2O3. The number of carbonyl (C=O) groups is 1. The van der Waals surface area contributed by atoms with Gasteiger partial charge in [-0.05, 0) is 29.8 Å². The fourth-order valence-electron chi connectivity index (χ4n) is 3.10. The Kier molecular flexibility index (Phi) is 6.73. The Morgan fingerprint density at radius 1 is 1.07 bits per heavy atom. The van der Waals surface area contributed by atoms with E-state index < -0.39 is 6.61 Å². The third-order valence-corrected chi connectivity index (χ3v) is 4.47. The second-order valence-electron chi connectivity index (χ2n) is 6.19. The number of hydrogen-bond donors (Lipinski definition) is 1. The number of halogens is 2. The number of hydrogen-bond acceptors (Lipinski definition) is 4. The number of rotatable bonds is 7. The molecule has 1 amide bonds. The maximum Gasteiger partial charge on any atom is 0.387 e. The molecular weight excluding hydrogens is 354 g/mol. The second-order valence-corrected chi connectivity index (χ2v) is 6.19. The van der Waals surface area contributed by atoms with Crippen LogP contribution in [-0.4, -0.2) is 50.3 Å². The highest BCUT2D eigenvalue weighted by Crippen LogP contribution is 2.21. The highest BCUT2D eigenvalue weighted by molar-refractivity contribution is 5.94. The maximum atomic E-state index is 12.5. The van der Waals surface area contributed by atoms with Gasteiger partial charge in [-0.25, -0.2) is 0 Å². The van der Waals surface area contributed by atoms with Gasteiger partial charge in [-0.1, -0.05) is 30.3 Å². The summed E-state index contributed by atoms with van der Waals surface area (Å²) in [7, 11) is 0. The molecule has 0 spiro atoms. The van der Waals surface area contributed by atoms with Crippen LogP contribution < -0.4 is 10.1 Å². The van der Waals surface area contributed by atoms with Gasteiger partial charge in [0.05, 0.1) is 19.3 Å². The maximum absolute atomic E-state index is 12.5. The van der Waals surface area contributed by atoms with E-state index in [1.165, 1.54) is 24.3 Å². The lowest BCUT2D eigenvalue weighted by atomic mass is 10.0. The molecule has 1 aliphatic rings. The van der Waals surface area contributed by atoms with E-state index in [1.54, 1.807) is 0 Å². The molecule has 1 heterocycles. The predicted molar refractivity (Wildman–Crippen MR) is 97.0 cm³/mol. The number of carbonyl (C=O) groups excluding carboxylic acids is 1. The molecule has 0 aromatic heterocycles. The van der Waals surface area contributed by atoms with E-state index in [9.17, 15) is 13.6 Å². The second kappa shape index (κ2) is 9.43. The fraction of sp³-hybridized carbons (Fsp3) is 0.350. The Balaban J connectivity index is 1.64. The predicted octanol–water partition coefficient (Wildman–Crippen LogP) is 3.09. The molecule has 1 atom stereocenters. The van der Waals surface area contributed by atoms with Crippen LogP contribution in [0.25, 0.3) is 0 Å². The first-order valence-electron chi connectivity index (χ1n) is 8.83. The number of ether oxygens (including phenoxy) is 2. The molecule has 1 N–H and O–H groups in total.